The number of hydrogen-bond donors (Lipinski definition) is 0. The molecular formula is C21H17N3O2. The molecule has 0 spiro atoms. The van der Waals surface area contributed by atoms with Crippen LogP contribution in [0.2, 0.25) is 0 Å². The van der Waals surface area contributed by atoms with Crippen molar-refractivity contribution in [3.05, 3.63) is 58.5 Å². The molecule has 0 saturated heterocycles. The van der Waals surface area contributed by atoms with Crippen molar-refractivity contribution in [2.24, 2.45) is 0 Å². The first-order valence-electron chi connectivity index (χ1n) is 7.99. The fourth-order valence-corrected chi connectivity index (χ4v) is 2.62. The average Bonchev–Trinajstić information content (AvgIpc) is 2.65. The molecule has 0 aliphatic rings. The minimum atomic E-state index is 0.579. The highest BCUT2D eigenvalue weighted by atomic mass is 16.5. The smallest absolute Gasteiger partial charge is 0.162 e. The van der Waals surface area contributed by atoms with Gasteiger partial charge in [-0.3, -0.25) is 0 Å². The Kier molecular flexibility index (Phi) is 4.73. The molecule has 128 valence electrons. The highest BCUT2D eigenvalue weighted by Crippen LogP contribution is 2.32. The first-order valence-corrected chi connectivity index (χ1v) is 7.99. The molecule has 2 aromatic carbocycles. The molecule has 0 aliphatic carbocycles. The number of aromatic nitrogens is 2. The Labute approximate surface area is 152 Å². The van der Waals surface area contributed by atoms with Gasteiger partial charge in [-0.1, -0.05) is 12.0 Å². The van der Waals surface area contributed by atoms with Gasteiger partial charge in [0.2, 0.25) is 0 Å². The van der Waals surface area contributed by atoms with E-state index >= 15 is 0 Å². The van der Waals surface area contributed by atoms with Crippen LogP contribution >= 0.6 is 0 Å². The SMILES string of the molecule is COc1cc2nc(C)nc(C#Cc3cc(C#N)ccc3C)c2cc1OC. The van der Waals surface area contributed by atoms with E-state index in [-0.39, 0.29) is 0 Å². The third-order valence-corrected chi connectivity index (χ3v) is 4.00. The van der Waals surface area contributed by atoms with Crippen LogP contribution in [0.4, 0.5) is 0 Å². The van der Waals surface area contributed by atoms with Crippen LogP contribution in [0.1, 0.15) is 28.2 Å². The Morgan fingerprint density at radius 3 is 2.35 bits per heavy atom. The molecule has 0 atom stereocenters. The van der Waals surface area contributed by atoms with Crippen LogP contribution in [-0.2, 0) is 0 Å². The first-order chi connectivity index (χ1) is 12.5. The summed E-state index contributed by atoms with van der Waals surface area (Å²) in [5.41, 5.74) is 3.73. The third kappa shape index (κ3) is 3.29. The molecule has 0 fully saturated rings. The minimum Gasteiger partial charge on any atom is -0.493 e. The minimum absolute atomic E-state index is 0.579. The molecule has 0 radical (unpaired) electrons. The normalized spacial score (nSPS) is 9.96. The molecule has 0 amide bonds. The van der Waals surface area contributed by atoms with Crippen LogP contribution in [-0.4, -0.2) is 24.2 Å². The second kappa shape index (κ2) is 7.13. The number of benzene rings is 2. The number of hydrogen-bond acceptors (Lipinski definition) is 5. The van der Waals surface area contributed by atoms with E-state index in [1.807, 2.05) is 32.0 Å². The lowest BCUT2D eigenvalue weighted by atomic mass is 10.1. The molecule has 0 aliphatic heterocycles. The van der Waals surface area contributed by atoms with Gasteiger partial charge in [0.05, 0.1) is 31.4 Å². The molecule has 0 bridgehead atoms. The van der Waals surface area contributed by atoms with Crippen molar-refractivity contribution in [3.8, 4) is 29.4 Å². The second-order valence-electron chi connectivity index (χ2n) is 5.74. The lowest BCUT2D eigenvalue weighted by molar-refractivity contribution is 0.355. The summed E-state index contributed by atoms with van der Waals surface area (Å²) in [5.74, 6) is 8.07. The van der Waals surface area contributed by atoms with Crippen LogP contribution in [0.15, 0.2) is 30.3 Å². The van der Waals surface area contributed by atoms with Crippen molar-refractivity contribution in [1.29, 1.82) is 5.26 Å². The number of methoxy groups -OCH3 is 2. The largest absolute Gasteiger partial charge is 0.493 e. The third-order valence-electron chi connectivity index (χ3n) is 4.00. The molecule has 5 heteroatoms. The van der Waals surface area contributed by atoms with Gasteiger partial charge in [0.25, 0.3) is 0 Å². The number of aryl methyl sites for hydroxylation is 2. The maximum atomic E-state index is 9.08. The zero-order valence-electron chi connectivity index (χ0n) is 15.0. The highest BCUT2D eigenvalue weighted by molar-refractivity contribution is 5.87. The number of fused-ring (bicyclic) bond motifs is 1. The van der Waals surface area contributed by atoms with Gasteiger partial charge in [-0.05, 0) is 43.5 Å². The summed E-state index contributed by atoms with van der Waals surface area (Å²) in [6.07, 6.45) is 0. The fraction of sp³-hybridized carbons (Fsp3) is 0.190. The summed E-state index contributed by atoms with van der Waals surface area (Å²) >= 11 is 0. The predicted molar refractivity (Wildman–Crippen MR) is 99.3 cm³/mol. The van der Waals surface area contributed by atoms with E-state index in [1.54, 1.807) is 26.4 Å². The summed E-state index contributed by atoms with van der Waals surface area (Å²) in [6.45, 7) is 3.78. The van der Waals surface area contributed by atoms with Gasteiger partial charge in [-0.2, -0.15) is 5.26 Å². The van der Waals surface area contributed by atoms with Gasteiger partial charge in [-0.25, -0.2) is 9.97 Å². The van der Waals surface area contributed by atoms with E-state index < -0.39 is 0 Å². The van der Waals surface area contributed by atoms with E-state index in [9.17, 15) is 0 Å². The molecule has 3 aromatic rings. The molecule has 0 unspecified atom stereocenters. The maximum absolute atomic E-state index is 9.08. The lowest BCUT2D eigenvalue weighted by Gasteiger charge is -2.10. The molecule has 5 nitrogen and oxygen atoms in total. The van der Waals surface area contributed by atoms with Crippen molar-refractivity contribution in [1.82, 2.24) is 9.97 Å². The van der Waals surface area contributed by atoms with Crippen LogP contribution < -0.4 is 9.47 Å². The molecule has 26 heavy (non-hydrogen) atoms. The Balaban J connectivity index is 2.19. The van der Waals surface area contributed by atoms with Gasteiger partial charge < -0.3 is 9.47 Å². The summed E-state index contributed by atoms with van der Waals surface area (Å²) in [5, 5.41) is 9.87. The topological polar surface area (TPSA) is 68.0 Å². The van der Waals surface area contributed by atoms with Crippen LogP contribution in [0.5, 0.6) is 11.5 Å². The van der Waals surface area contributed by atoms with Crippen molar-refractivity contribution < 1.29 is 9.47 Å². The maximum Gasteiger partial charge on any atom is 0.162 e. The van der Waals surface area contributed by atoms with E-state index in [4.69, 9.17) is 14.7 Å². The van der Waals surface area contributed by atoms with Gasteiger partial charge in [0.15, 0.2) is 11.5 Å². The van der Waals surface area contributed by atoms with Gasteiger partial charge >= 0.3 is 0 Å². The molecule has 1 aromatic heterocycles. The van der Waals surface area contributed by atoms with Crippen LogP contribution in [0.3, 0.4) is 0 Å². The number of nitriles is 1. The van der Waals surface area contributed by atoms with E-state index in [2.05, 4.69) is 27.9 Å². The Morgan fingerprint density at radius 1 is 0.923 bits per heavy atom. The standard InChI is InChI=1S/C21H17N3O2/c1-13-5-6-15(12-22)9-16(13)7-8-18-17-10-20(25-3)21(26-4)11-19(17)24-14(2)23-18/h5-6,9-11H,1-4H3. The highest BCUT2D eigenvalue weighted by Gasteiger charge is 2.11. The number of ether oxygens (including phenoxy) is 2. The second-order valence-corrected chi connectivity index (χ2v) is 5.74. The van der Waals surface area contributed by atoms with Crippen molar-refractivity contribution in [3.63, 3.8) is 0 Å². The van der Waals surface area contributed by atoms with Gasteiger partial charge in [-0.15, -0.1) is 0 Å². The predicted octanol–water partition coefficient (Wildman–Crippen LogP) is 3.54. The first kappa shape index (κ1) is 17.3. The summed E-state index contributed by atoms with van der Waals surface area (Å²) < 4.78 is 10.7. The van der Waals surface area contributed by atoms with Gasteiger partial charge in [0, 0.05) is 17.0 Å². The summed E-state index contributed by atoms with van der Waals surface area (Å²) in [7, 11) is 3.17. The Bertz CT molecular complexity index is 1100. The van der Waals surface area contributed by atoms with Crippen molar-refractivity contribution in [2.75, 3.05) is 14.2 Å². The van der Waals surface area contributed by atoms with E-state index in [0.29, 0.717) is 28.6 Å². The summed E-state index contributed by atoms with van der Waals surface area (Å²) in [4.78, 5) is 8.94. The van der Waals surface area contributed by atoms with Crippen molar-refractivity contribution in [2.45, 2.75) is 13.8 Å². The monoisotopic (exact) mass is 343 g/mol. The molecule has 1 heterocycles. The van der Waals surface area contributed by atoms with E-state index in [0.717, 1.165) is 22.0 Å². The van der Waals surface area contributed by atoms with Crippen LogP contribution in [0, 0.1) is 37.0 Å². The average molecular weight is 343 g/mol. The van der Waals surface area contributed by atoms with Crippen LogP contribution in [0.25, 0.3) is 10.9 Å². The lowest BCUT2D eigenvalue weighted by Crippen LogP contribution is -1.97. The fourth-order valence-electron chi connectivity index (χ4n) is 2.62. The zero-order chi connectivity index (χ0) is 18.7. The molecule has 3 rings (SSSR count). The van der Waals surface area contributed by atoms with Crippen molar-refractivity contribution >= 4 is 10.9 Å². The Hall–Kier alpha value is -3.57. The van der Waals surface area contributed by atoms with Gasteiger partial charge in [0.1, 0.15) is 11.5 Å². The molecular weight excluding hydrogens is 326 g/mol. The molecule has 0 N–H and O–H groups in total. The summed E-state index contributed by atoms with van der Waals surface area (Å²) in [6, 6.07) is 11.2. The number of nitrogens with zero attached hydrogens (tertiary/aromatic N) is 3. The quantitative estimate of drug-likeness (QED) is 0.666. The Morgan fingerprint density at radius 2 is 1.65 bits per heavy atom. The zero-order valence-corrected chi connectivity index (χ0v) is 15.0. The number of rotatable bonds is 2. The molecule has 0 saturated carbocycles. The van der Waals surface area contributed by atoms with E-state index in [1.165, 1.54) is 0 Å².